The van der Waals surface area contributed by atoms with E-state index in [2.05, 4.69) is 10.1 Å². The van der Waals surface area contributed by atoms with E-state index >= 15 is 0 Å². The number of hydrogen-bond acceptors (Lipinski definition) is 7. The number of nitrogens with zero attached hydrogens (tertiary/aromatic N) is 4. The Bertz CT molecular complexity index is 1180. The van der Waals surface area contributed by atoms with Gasteiger partial charge in [0.1, 0.15) is 4.21 Å². The predicted octanol–water partition coefficient (Wildman–Crippen LogP) is 2.79. The Labute approximate surface area is 171 Å². The van der Waals surface area contributed by atoms with Crippen LogP contribution < -0.4 is 4.31 Å². The van der Waals surface area contributed by atoms with E-state index in [9.17, 15) is 13.2 Å². The molecule has 0 aliphatic carbocycles. The van der Waals surface area contributed by atoms with Gasteiger partial charge in [0.05, 0.1) is 5.69 Å². The van der Waals surface area contributed by atoms with Gasteiger partial charge in [-0.2, -0.15) is 4.98 Å². The molecule has 4 heterocycles. The maximum atomic E-state index is 13.1. The van der Waals surface area contributed by atoms with E-state index < -0.39 is 10.0 Å². The Hall–Kier alpha value is -2.72. The largest absolute Gasteiger partial charge is 0.334 e. The smallest absolute Gasteiger partial charge is 0.316 e. The number of carbonyl (C=O) groups is 1. The second-order valence-electron chi connectivity index (χ2n) is 7.03. The lowest BCUT2D eigenvalue weighted by molar-refractivity contribution is 0.0743. The third kappa shape index (κ3) is 3.12. The predicted molar refractivity (Wildman–Crippen MR) is 107 cm³/mol. The van der Waals surface area contributed by atoms with Crippen LogP contribution in [0.3, 0.4) is 0 Å². The van der Waals surface area contributed by atoms with Crippen molar-refractivity contribution >= 4 is 33.0 Å². The second kappa shape index (κ2) is 6.96. The number of rotatable bonds is 4. The molecule has 8 nitrogen and oxygen atoms in total. The molecular weight excluding hydrogens is 412 g/mol. The van der Waals surface area contributed by atoms with E-state index in [1.165, 1.54) is 10.4 Å². The molecule has 0 N–H and O–H groups in total. The average molecular weight is 431 g/mol. The number of thiophene rings is 1. The molecule has 2 aliphatic heterocycles. The summed E-state index contributed by atoms with van der Waals surface area (Å²) in [7, 11) is -3.67. The average Bonchev–Trinajstić information content (AvgIpc) is 3.53. The summed E-state index contributed by atoms with van der Waals surface area (Å²) in [5.74, 6) is -0.129. The maximum Gasteiger partial charge on any atom is 0.316 e. The molecule has 0 unspecified atom stereocenters. The molecule has 0 saturated carbocycles. The number of amides is 1. The Morgan fingerprint density at radius 2 is 1.93 bits per heavy atom. The first kappa shape index (κ1) is 18.3. The van der Waals surface area contributed by atoms with Crippen LogP contribution in [0.4, 0.5) is 5.69 Å². The molecule has 0 spiro atoms. The second-order valence-corrected chi connectivity index (χ2v) is 10.0. The number of fused-ring (bicyclic) bond motifs is 1. The van der Waals surface area contributed by atoms with Crippen molar-refractivity contribution in [1.29, 1.82) is 0 Å². The van der Waals surface area contributed by atoms with Crippen LogP contribution in [-0.4, -0.2) is 49.0 Å². The molecule has 0 bridgehead atoms. The quantitative estimate of drug-likeness (QED) is 0.631. The molecule has 1 amide bonds. The van der Waals surface area contributed by atoms with E-state index in [1.54, 1.807) is 10.3 Å². The lowest BCUT2D eigenvalue weighted by Gasteiger charge is -2.18. The summed E-state index contributed by atoms with van der Waals surface area (Å²) in [4.78, 5) is 18.2. The van der Waals surface area contributed by atoms with Gasteiger partial charge in [-0.3, -0.25) is 9.10 Å². The van der Waals surface area contributed by atoms with Gasteiger partial charge in [0.25, 0.3) is 10.0 Å². The van der Waals surface area contributed by atoms with Gasteiger partial charge in [-0.25, -0.2) is 8.42 Å². The third-order valence-electron chi connectivity index (χ3n) is 5.22. The minimum Gasteiger partial charge on any atom is -0.334 e. The van der Waals surface area contributed by atoms with Crippen molar-refractivity contribution in [2.75, 3.05) is 23.9 Å². The Morgan fingerprint density at radius 3 is 2.76 bits per heavy atom. The summed E-state index contributed by atoms with van der Waals surface area (Å²) in [6.07, 6.45) is 2.64. The molecule has 1 aromatic carbocycles. The number of para-hydroxylation sites is 1. The first-order chi connectivity index (χ1) is 14.0. The molecule has 0 atom stereocenters. The van der Waals surface area contributed by atoms with Crippen molar-refractivity contribution < 1.29 is 17.7 Å². The number of sulfonamides is 1. The molecule has 0 radical (unpaired) electrons. The van der Waals surface area contributed by atoms with Crippen LogP contribution in [0.15, 0.2) is 44.4 Å². The highest BCUT2D eigenvalue weighted by Gasteiger charge is 2.32. The lowest BCUT2D eigenvalue weighted by atomic mass is 10.2. The fourth-order valence-corrected chi connectivity index (χ4v) is 6.49. The van der Waals surface area contributed by atoms with Crippen molar-refractivity contribution in [3.05, 3.63) is 47.2 Å². The van der Waals surface area contributed by atoms with E-state index in [0.29, 0.717) is 31.6 Å². The zero-order chi connectivity index (χ0) is 20.0. The number of carbonyl (C=O) groups excluding carboxylic acids is 1. The topological polar surface area (TPSA) is 96.6 Å². The summed E-state index contributed by atoms with van der Waals surface area (Å²) in [5, 5.41) is 5.54. The first-order valence-electron chi connectivity index (χ1n) is 9.36. The number of anilines is 1. The molecule has 2 aromatic heterocycles. The van der Waals surface area contributed by atoms with E-state index in [0.717, 1.165) is 35.4 Å². The third-order valence-corrected chi connectivity index (χ3v) is 8.45. The first-order valence-corrected chi connectivity index (χ1v) is 11.7. The highest BCUT2D eigenvalue weighted by atomic mass is 32.2. The van der Waals surface area contributed by atoms with Crippen LogP contribution >= 0.6 is 11.3 Å². The number of likely N-dealkylation sites (tertiary alicyclic amines) is 1. The Balaban J connectivity index is 1.41. The zero-order valence-corrected chi connectivity index (χ0v) is 17.1. The minimum atomic E-state index is -3.67. The van der Waals surface area contributed by atoms with Gasteiger partial charge < -0.3 is 9.42 Å². The fourth-order valence-electron chi connectivity index (χ4n) is 3.72. The Kier molecular flexibility index (Phi) is 4.39. The van der Waals surface area contributed by atoms with Crippen LogP contribution in [0.2, 0.25) is 0 Å². The summed E-state index contributed by atoms with van der Waals surface area (Å²) in [6, 6.07) is 9.06. The molecular formula is C19H18N4O4S2. The molecule has 1 fully saturated rings. The molecule has 10 heteroatoms. The molecule has 3 aromatic rings. The maximum absolute atomic E-state index is 13.1. The van der Waals surface area contributed by atoms with Gasteiger partial charge in [-0.1, -0.05) is 23.4 Å². The zero-order valence-electron chi connectivity index (χ0n) is 15.4. The normalized spacial score (nSPS) is 16.4. The number of benzene rings is 1. The van der Waals surface area contributed by atoms with Gasteiger partial charge in [-0.15, -0.1) is 11.3 Å². The molecule has 29 heavy (non-hydrogen) atoms. The van der Waals surface area contributed by atoms with Gasteiger partial charge in [0, 0.05) is 30.6 Å². The standard InChI is InChI=1S/C19H18N4O4S2/c24-19(22-8-3-4-9-22)18-20-17(21-27-18)14-11-16(28-12-14)29(25,26)23-10-7-13-5-1-2-6-15(13)23/h1-2,5-6,11-12H,3-4,7-10H2. The fraction of sp³-hybridized carbons (Fsp3) is 0.316. The van der Waals surface area contributed by atoms with E-state index in [1.807, 2.05) is 24.3 Å². The summed E-state index contributed by atoms with van der Waals surface area (Å²) >= 11 is 1.11. The van der Waals surface area contributed by atoms with Crippen molar-refractivity contribution in [2.45, 2.75) is 23.5 Å². The SMILES string of the molecule is O=C(c1nc(-c2csc(S(=O)(=O)N3CCc4ccccc43)c2)no1)N1CCCC1. The van der Waals surface area contributed by atoms with Gasteiger partial charge in [0.15, 0.2) is 0 Å². The molecule has 2 aliphatic rings. The molecule has 5 rings (SSSR count). The van der Waals surface area contributed by atoms with Crippen molar-refractivity contribution in [1.82, 2.24) is 15.0 Å². The summed E-state index contributed by atoms with van der Waals surface area (Å²) in [6.45, 7) is 1.80. The van der Waals surface area contributed by atoms with Crippen LogP contribution in [0.5, 0.6) is 0 Å². The summed E-state index contributed by atoms with van der Waals surface area (Å²) < 4.78 is 33.1. The molecule has 1 saturated heterocycles. The molecule has 150 valence electrons. The Morgan fingerprint density at radius 1 is 1.14 bits per heavy atom. The van der Waals surface area contributed by atoms with Crippen molar-refractivity contribution in [2.24, 2.45) is 0 Å². The van der Waals surface area contributed by atoms with Gasteiger partial charge in [-0.05, 0) is 37.0 Å². The van der Waals surface area contributed by atoms with E-state index in [-0.39, 0.29) is 21.8 Å². The summed E-state index contributed by atoms with van der Waals surface area (Å²) in [5.41, 5.74) is 2.27. The van der Waals surface area contributed by atoms with Crippen molar-refractivity contribution in [3.63, 3.8) is 0 Å². The van der Waals surface area contributed by atoms with Crippen LogP contribution in [0, 0.1) is 0 Å². The number of aromatic nitrogens is 2. The van der Waals surface area contributed by atoms with Gasteiger partial charge >= 0.3 is 11.8 Å². The van der Waals surface area contributed by atoms with E-state index in [4.69, 9.17) is 4.52 Å². The van der Waals surface area contributed by atoms with Crippen LogP contribution in [0.25, 0.3) is 11.4 Å². The monoisotopic (exact) mass is 430 g/mol. The van der Waals surface area contributed by atoms with Crippen LogP contribution in [-0.2, 0) is 16.4 Å². The minimum absolute atomic E-state index is 0.0639. The van der Waals surface area contributed by atoms with Gasteiger partial charge in [0.2, 0.25) is 5.82 Å². The number of hydrogen-bond donors (Lipinski definition) is 0. The highest BCUT2D eigenvalue weighted by molar-refractivity contribution is 7.94. The highest BCUT2D eigenvalue weighted by Crippen LogP contribution is 2.36. The van der Waals surface area contributed by atoms with Crippen LogP contribution in [0.1, 0.15) is 29.1 Å². The van der Waals surface area contributed by atoms with Crippen molar-refractivity contribution in [3.8, 4) is 11.4 Å². The lowest BCUT2D eigenvalue weighted by Crippen LogP contribution is -2.28.